The minimum absolute atomic E-state index is 0.251. The molecule has 0 bridgehead atoms. The maximum atomic E-state index is 9.26. The maximum absolute atomic E-state index is 9.26. The minimum Gasteiger partial charge on any atom is -0.456 e. The van der Waals surface area contributed by atoms with Crippen molar-refractivity contribution in [2.45, 2.75) is 26.3 Å². The lowest BCUT2D eigenvalue weighted by Gasteiger charge is -2.13. The molecule has 0 aliphatic heterocycles. The fraction of sp³-hybridized carbons (Fsp3) is 0.238. The van der Waals surface area contributed by atoms with Crippen molar-refractivity contribution in [3.63, 3.8) is 0 Å². The summed E-state index contributed by atoms with van der Waals surface area (Å²) in [5.74, 6) is 2.35. The highest BCUT2D eigenvalue weighted by Gasteiger charge is 2.12. The van der Waals surface area contributed by atoms with Gasteiger partial charge >= 0.3 is 0 Å². The molecule has 3 rings (SSSR count). The Balaban J connectivity index is 1.94. The molecular formula is C21H22N6O. The van der Waals surface area contributed by atoms with Gasteiger partial charge < -0.3 is 15.8 Å². The average molecular weight is 374 g/mol. The Labute approximate surface area is 164 Å². The van der Waals surface area contributed by atoms with Gasteiger partial charge in [0.2, 0.25) is 0 Å². The Morgan fingerprint density at radius 3 is 2.61 bits per heavy atom. The van der Waals surface area contributed by atoms with Gasteiger partial charge in [0.1, 0.15) is 17.3 Å². The Bertz CT molecular complexity index is 979. The number of anilines is 1. The van der Waals surface area contributed by atoms with Crippen LogP contribution in [0.4, 0.5) is 5.82 Å². The molecule has 0 spiro atoms. The molecule has 3 aromatic rings. The predicted octanol–water partition coefficient (Wildman–Crippen LogP) is 3.52. The van der Waals surface area contributed by atoms with E-state index in [1.165, 1.54) is 0 Å². The number of nitriles is 1. The number of pyridine rings is 1. The quantitative estimate of drug-likeness (QED) is 0.651. The lowest BCUT2D eigenvalue weighted by Crippen LogP contribution is -2.10. The topological polar surface area (TPSA) is 110 Å². The summed E-state index contributed by atoms with van der Waals surface area (Å²) in [5, 5.41) is 12.5. The van der Waals surface area contributed by atoms with Crippen molar-refractivity contribution >= 4 is 5.82 Å². The molecule has 0 unspecified atom stereocenters. The normalized spacial score (nSPS) is 10.5. The molecule has 1 aromatic carbocycles. The van der Waals surface area contributed by atoms with Gasteiger partial charge in [-0.05, 0) is 56.6 Å². The smallest absolute Gasteiger partial charge is 0.162 e. The van der Waals surface area contributed by atoms with Gasteiger partial charge in [-0.1, -0.05) is 0 Å². The molecule has 0 saturated heterocycles. The molecular weight excluding hydrogens is 352 g/mol. The van der Waals surface area contributed by atoms with E-state index < -0.39 is 0 Å². The zero-order chi connectivity index (χ0) is 19.9. The SMILES string of the molecule is CC(C)Nc1cc(Oc2cc(C#N)ccc2-c2ncc(CCN)cn2)ccn1. The lowest BCUT2D eigenvalue weighted by atomic mass is 10.1. The van der Waals surface area contributed by atoms with E-state index >= 15 is 0 Å². The molecule has 0 saturated carbocycles. The van der Waals surface area contributed by atoms with Crippen molar-refractivity contribution in [1.29, 1.82) is 5.26 Å². The van der Waals surface area contributed by atoms with Crippen molar-refractivity contribution in [3.05, 3.63) is 60.0 Å². The zero-order valence-corrected chi connectivity index (χ0v) is 15.9. The molecule has 7 heteroatoms. The molecule has 0 radical (unpaired) electrons. The second-order valence-electron chi connectivity index (χ2n) is 6.55. The lowest BCUT2D eigenvalue weighted by molar-refractivity contribution is 0.483. The number of benzene rings is 1. The molecule has 0 fully saturated rings. The van der Waals surface area contributed by atoms with E-state index in [9.17, 15) is 5.26 Å². The van der Waals surface area contributed by atoms with Crippen LogP contribution in [-0.4, -0.2) is 27.5 Å². The first kappa shape index (κ1) is 19.3. The summed E-state index contributed by atoms with van der Waals surface area (Å²) in [5.41, 5.74) is 7.75. The van der Waals surface area contributed by atoms with Gasteiger partial charge in [0, 0.05) is 30.7 Å². The van der Waals surface area contributed by atoms with Gasteiger partial charge in [-0.2, -0.15) is 5.26 Å². The van der Waals surface area contributed by atoms with Crippen molar-refractivity contribution in [2.75, 3.05) is 11.9 Å². The van der Waals surface area contributed by atoms with E-state index in [0.29, 0.717) is 40.8 Å². The third-order valence-electron chi connectivity index (χ3n) is 3.89. The van der Waals surface area contributed by atoms with E-state index in [1.54, 1.807) is 42.9 Å². The first-order chi connectivity index (χ1) is 13.6. The number of nitrogens with zero attached hydrogens (tertiary/aromatic N) is 4. The van der Waals surface area contributed by atoms with Crippen LogP contribution in [0.5, 0.6) is 11.5 Å². The van der Waals surface area contributed by atoms with Gasteiger partial charge in [0.05, 0.1) is 17.2 Å². The summed E-state index contributed by atoms with van der Waals surface area (Å²) in [6, 6.07) is 11.2. The van der Waals surface area contributed by atoms with Crippen LogP contribution in [0.2, 0.25) is 0 Å². The summed E-state index contributed by atoms with van der Waals surface area (Å²) in [4.78, 5) is 13.1. The third-order valence-corrected chi connectivity index (χ3v) is 3.89. The number of aromatic nitrogens is 3. The van der Waals surface area contributed by atoms with Crippen LogP contribution >= 0.6 is 0 Å². The molecule has 0 aliphatic rings. The van der Waals surface area contributed by atoms with E-state index in [2.05, 4.69) is 26.3 Å². The molecule has 142 valence electrons. The van der Waals surface area contributed by atoms with Crippen LogP contribution in [0.1, 0.15) is 25.0 Å². The number of nitrogens with one attached hydrogen (secondary N) is 1. The number of hydrogen-bond donors (Lipinski definition) is 2. The molecule has 2 aromatic heterocycles. The molecule has 7 nitrogen and oxygen atoms in total. The Morgan fingerprint density at radius 1 is 1.14 bits per heavy atom. The molecule has 3 N–H and O–H groups in total. The highest BCUT2D eigenvalue weighted by molar-refractivity contribution is 5.66. The Hall–Kier alpha value is -3.50. The Kier molecular flexibility index (Phi) is 6.14. The molecule has 0 amide bonds. The highest BCUT2D eigenvalue weighted by atomic mass is 16.5. The van der Waals surface area contributed by atoms with Crippen LogP contribution < -0.4 is 15.8 Å². The number of ether oxygens (including phenoxy) is 1. The average Bonchev–Trinajstić information content (AvgIpc) is 2.69. The van der Waals surface area contributed by atoms with Gasteiger partial charge in [0.25, 0.3) is 0 Å². The zero-order valence-electron chi connectivity index (χ0n) is 15.9. The largest absolute Gasteiger partial charge is 0.456 e. The molecule has 28 heavy (non-hydrogen) atoms. The molecule has 0 aliphatic carbocycles. The fourth-order valence-corrected chi connectivity index (χ4v) is 2.63. The van der Waals surface area contributed by atoms with E-state index in [1.807, 2.05) is 19.9 Å². The van der Waals surface area contributed by atoms with E-state index in [0.717, 1.165) is 12.0 Å². The van der Waals surface area contributed by atoms with Crippen LogP contribution in [0, 0.1) is 11.3 Å². The van der Waals surface area contributed by atoms with Crippen LogP contribution in [0.3, 0.4) is 0 Å². The van der Waals surface area contributed by atoms with Gasteiger partial charge in [0.15, 0.2) is 5.82 Å². The second kappa shape index (κ2) is 8.93. The molecule has 0 atom stereocenters. The standard InChI is InChI=1S/C21H22N6O/c1-14(2)27-20-10-17(6-8-24-20)28-19-9-15(11-23)3-4-18(19)21-25-12-16(5-7-22)13-26-21/h3-4,6,8-10,12-14H,5,7,22H2,1-2H3,(H,24,27). The number of nitrogens with two attached hydrogens (primary N) is 1. The van der Waals surface area contributed by atoms with Crippen LogP contribution in [0.25, 0.3) is 11.4 Å². The van der Waals surface area contributed by atoms with Crippen molar-refractivity contribution in [2.24, 2.45) is 5.73 Å². The summed E-state index contributed by atoms with van der Waals surface area (Å²) >= 11 is 0. The van der Waals surface area contributed by atoms with Crippen LogP contribution in [-0.2, 0) is 6.42 Å². The summed E-state index contributed by atoms with van der Waals surface area (Å²) < 4.78 is 6.08. The van der Waals surface area contributed by atoms with Gasteiger partial charge in [-0.3, -0.25) is 0 Å². The number of hydrogen-bond acceptors (Lipinski definition) is 7. The highest BCUT2D eigenvalue weighted by Crippen LogP contribution is 2.33. The van der Waals surface area contributed by atoms with Crippen molar-refractivity contribution in [3.8, 4) is 29.0 Å². The first-order valence-electron chi connectivity index (χ1n) is 9.05. The minimum atomic E-state index is 0.251. The van der Waals surface area contributed by atoms with Crippen LogP contribution in [0.15, 0.2) is 48.9 Å². The fourth-order valence-electron chi connectivity index (χ4n) is 2.63. The van der Waals surface area contributed by atoms with E-state index in [-0.39, 0.29) is 6.04 Å². The molecule has 2 heterocycles. The monoisotopic (exact) mass is 374 g/mol. The number of rotatable bonds is 7. The Morgan fingerprint density at radius 2 is 1.93 bits per heavy atom. The summed E-state index contributed by atoms with van der Waals surface area (Å²) in [6.45, 7) is 4.62. The summed E-state index contributed by atoms with van der Waals surface area (Å²) in [7, 11) is 0. The van der Waals surface area contributed by atoms with Crippen molar-refractivity contribution in [1.82, 2.24) is 15.0 Å². The predicted molar refractivity (Wildman–Crippen MR) is 108 cm³/mol. The van der Waals surface area contributed by atoms with E-state index in [4.69, 9.17) is 10.5 Å². The maximum Gasteiger partial charge on any atom is 0.162 e. The second-order valence-corrected chi connectivity index (χ2v) is 6.55. The van der Waals surface area contributed by atoms with Crippen molar-refractivity contribution < 1.29 is 4.74 Å². The van der Waals surface area contributed by atoms with Gasteiger partial charge in [-0.15, -0.1) is 0 Å². The summed E-state index contributed by atoms with van der Waals surface area (Å²) in [6.07, 6.45) is 5.91. The first-order valence-corrected chi connectivity index (χ1v) is 9.05. The van der Waals surface area contributed by atoms with Gasteiger partial charge in [-0.25, -0.2) is 15.0 Å². The third kappa shape index (κ3) is 4.81.